The van der Waals surface area contributed by atoms with Crippen LogP contribution >= 0.6 is 0 Å². The van der Waals surface area contributed by atoms with Crippen molar-refractivity contribution < 1.29 is 9.90 Å². The first-order valence-corrected chi connectivity index (χ1v) is 12.2. The highest BCUT2D eigenvalue weighted by Crippen LogP contribution is 2.67. The Balaban J connectivity index is 1.34. The molecule has 0 unspecified atom stereocenters. The maximum atomic E-state index is 13.2. The SMILES string of the molecule is C[C@]12CC[C@@H](O)C[C@H]1CC[C@@H]1[C@@H]2CC[C@]2(C)[C@@H](C(=O)C=Cc3ccncc3)CC[C@@H]12. The lowest BCUT2D eigenvalue weighted by Gasteiger charge is -2.60. The van der Waals surface area contributed by atoms with Crippen LogP contribution in [-0.4, -0.2) is 22.0 Å². The maximum absolute atomic E-state index is 13.2. The van der Waals surface area contributed by atoms with E-state index in [2.05, 4.69) is 18.8 Å². The molecule has 1 aromatic heterocycles. The Morgan fingerprint density at radius 1 is 1.00 bits per heavy atom. The Morgan fingerprint density at radius 3 is 2.53 bits per heavy atom. The highest BCUT2D eigenvalue weighted by molar-refractivity contribution is 5.96. The predicted octanol–water partition coefficient (Wildman–Crippen LogP) is 5.68. The summed E-state index contributed by atoms with van der Waals surface area (Å²) in [6, 6.07) is 3.91. The van der Waals surface area contributed by atoms with E-state index in [0.29, 0.717) is 23.0 Å². The number of aliphatic hydroxyl groups is 1. The molecule has 1 heterocycles. The summed E-state index contributed by atoms with van der Waals surface area (Å²) in [5, 5.41) is 10.2. The summed E-state index contributed by atoms with van der Waals surface area (Å²) in [5.41, 5.74) is 1.62. The fourth-order valence-electron chi connectivity index (χ4n) is 8.47. The van der Waals surface area contributed by atoms with Crippen molar-refractivity contribution in [3.63, 3.8) is 0 Å². The summed E-state index contributed by atoms with van der Waals surface area (Å²) >= 11 is 0. The van der Waals surface area contributed by atoms with Crippen LogP contribution in [0.1, 0.15) is 77.2 Å². The van der Waals surface area contributed by atoms with Crippen molar-refractivity contribution >= 4 is 11.9 Å². The summed E-state index contributed by atoms with van der Waals surface area (Å²) in [5.74, 6) is 3.49. The Kier molecular flexibility index (Phi) is 5.16. The van der Waals surface area contributed by atoms with Crippen LogP contribution in [0.25, 0.3) is 6.08 Å². The molecule has 0 amide bonds. The molecule has 1 aromatic rings. The van der Waals surface area contributed by atoms with E-state index in [4.69, 9.17) is 0 Å². The monoisotopic (exact) mass is 407 g/mol. The van der Waals surface area contributed by atoms with Gasteiger partial charge in [-0.1, -0.05) is 19.9 Å². The number of pyridine rings is 1. The van der Waals surface area contributed by atoms with Crippen LogP contribution < -0.4 is 0 Å². The summed E-state index contributed by atoms with van der Waals surface area (Å²) in [7, 11) is 0. The fraction of sp³-hybridized carbons (Fsp3) is 0.704. The van der Waals surface area contributed by atoms with Crippen LogP contribution in [0.5, 0.6) is 0 Å². The maximum Gasteiger partial charge on any atom is 0.159 e. The molecule has 1 N–H and O–H groups in total. The second-order valence-electron chi connectivity index (χ2n) is 11.3. The minimum Gasteiger partial charge on any atom is -0.393 e. The number of carbonyl (C=O) groups is 1. The van der Waals surface area contributed by atoms with Gasteiger partial charge in [-0.05, 0) is 116 Å². The smallest absolute Gasteiger partial charge is 0.159 e. The molecule has 8 atom stereocenters. The molecule has 0 aromatic carbocycles. The predicted molar refractivity (Wildman–Crippen MR) is 120 cm³/mol. The van der Waals surface area contributed by atoms with Gasteiger partial charge in [0.1, 0.15) is 0 Å². The van der Waals surface area contributed by atoms with Gasteiger partial charge in [0.2, 0.25) is 0 Å². The zero-order chi connectivity index (χ0) is 20.9. The average Bonchev–Trinajstić information content (AvgIpc) is 3.10. The molecule has 4 aliphatic rings. The minimum absolute atomic E-state index is 0.0749. The second kappa shape index (κ2) is 7.58. The van der Waals surface area contributed by atoms with E-state index in [1.807, 2.05) is 24.3 Å². The third-order valence-corrected chi connectivity index (χ3v) is 10.1. The minimum atomic E-state index is -0.0749. The van der Waals surface area contributed by atoms with Crippen molar-refractivity contribution in [2.45, 2.75) is 77.7 Å². The molecule has 0 spiro atoms. The molecule has 162 valence electrons. The summed E-state index contributed by atoms with van der Waals surface area (Å²) in [6.07, 6.45) is 17.8. The van der Waals surface area contributed by atoms with E-state index in [9.17, 15) is 9.90 Å². The van der Waals surface area contributed by atoms with Crippen molar-refractivity contribution in [1.82, 2.24) is 4.98 Å². The van der Waals surface area contributed by atoms with Crippen molar-refractivity contribution in [1.29, 1.82) is 0 Å². The van der Waals surface area contributed by atoms with E-state index >= 15 is 0 Å². The molecule has 4 fully saturated rings. The molecule has 0 aliphatic heterocycles. The van der Waals surface area contributed by atoms with Gasteiger partial charge in [0, 0.05) is 18.3 Å². The van der Waals surface area contributed by atoms with E-state index < -0.39 is 0 Å². The normalized spacial score (nSPS) is 45.6. The third kappa shape index (κ3) is 3.20. The van der Waals surface area contributed by atoms with Gasteiger partial charge in [-0.25, -0.2) is 0 Å². The lowest BCUT2D eigenvalue weighted by Crippen LogP contribution is -2.54. The van der Waals surface area contributed by atoms with Crippen LogP contribution in [-0.2, 0) is 4.79 Å². The highest BCUT2D eigenvalue weighted by atomic mass is 16.3. The molecule has 0 radical (unpaired) electrons. The van der Waals surface area contributed by atoms with Gasteiger partial charge in [0.05, 0.1) is 6.10 Å². The van der Waals surface area contributed by atoms with Gasteiger partial charge < -0.3 is 5.11 Å². The van der Waals surface area contributed by atoms with Gasteiger partial charge in [-0.3, -0.25) is 9.78 Å². The molecule has 0 saturated heterocycles. The van der Waals surface area contributed by atoms with Gasteiger partial charge in [0.25, 0.3) is 0 Å². The van der Waals surface area contributed by atoms with Gasteiger partial charge in [-0.15, -0.1) is 0 Å². The number of ketones is 1. The lowest BCUT2D eigenvalue weighted by atomic mass is 9.44. The number of hydrogen-bond donors (Lipinski definition) is 1. The van der Waals surface area contributed by atoms with Gasteiger partial charge in [-0.2, -0.15) is 0 Å². The average molecular weight is 408 g/mol. The summed E-state index contributed by atoms with van der Waals surface area (Å²) < 4.78 is 0. The quantitative estimate of drug-likeness (QED) is 0.656. The van der Waals surface area contributed by atoms with Crippen LogP contribution in [0.3, 0.4) is 0 Å². The number of hydrogen-bond acceptors (Lipinski definition) is 3. The molecule has 30 heavy (non-hydrogen) atoms. The first-order valence-electron chi connectivity index (χ1n) is 12.2. The van der Waals surface area contributed by atoms with Crippen molar-refractivity contribution in [3.05, 3.63) is 36.2 Å². The topological polar surface area (TPSA) is 50.2 Å². The third-order valence-electron chi connectivity index (χ3n) is 10.1. The Bertz CT molecular complexity index is 819. The number of aromatic nitrogens is 1. The van der Waals surface area contributed by atoms with E-state index in [1.165, 1.54) is 38.5 Å². The Morgan fingerprint density at radius 2 is 1.73 bits per heavy atom. The molecule has 4 aliphatic carbocycles. The number of fused-ring (bicyclic) bond motifs is 5. The number of nitrogens with zero attached hydrogens (tertiary/aromatic N) is 1. The summed E-state index contributed by atoms with van der Waals surface area (Å²) in [6.45, 7) is 4.97. The Hall–Kier alpha value is -1.48. The van der Waals surface area contributed by atoms with Crippen molar-refractivity contribution in [2.24, 2.45) is 40.4 Å². The molecule has 4 saturated carbocycles. The molecular formula is C27H37NO2. The van der Waals surface area contributed by atoms with E-state index in [1.54, 1.807) is 12.4 Å². The van der Waals surface area contributed by atoms with Crippen LogP contribution in [0.15, 0.2) is 30.6 Å². The van der Waals surface area contributed by atoms with Crippen molar-refractivity contribution in [3.8, 4) is 0 Å². The molecular weight excluding hydrogens is 370 g/mol. The molecule has 3 heteroatoms. The molecule has 5 rings (SSSR count). The van der Waals surface area contributed by atoms with Crippen molar-refractivity contribution in [2.75, 3.05) is 0 Å². The summed E-state index contributed by atoms with van der Waals surface area (Å²) in [4.78, 5) is 17.3. The molecule has 3 nitrogen and oxygen atoms in total. The largest absolute Gasteiger partial charge is 0.393 e. The standard InChI is InChI=1S/C27H37NO2/c1-26-13-9-20(29)17-19(26)4-5-21-22-6-7-24(27(22,2)14-10-23(21)26)25(30)8-3-18-11-15-28-16-12-18/h3,8,11-12,15-16,19-24,29H,4-7,9-10,13-14,17H2,1-2H3/t19-,20-,21+,22+,23+,24-,26+,27+/m1/s1. The number of allylic oxidation sites excluding steroid dienone is 1. The van der Waals surface area contributed by atoms with Crippen LogP contribution in [0, 0.1) is 40.4 Å². The number of rotatable bonds is 3. The number of aliphatic hydroxyl groups excluding tert-OH is 1. The Labute approximate surface area is 181 Å². The highest BCUT2D eigenvalue weighted by Gasteiger charge is 2.60. The zero-order valence-electron chi connectivity index (χ0n) is 18.6. The first kappa shape index (κ1) is 20.4. The lowest BCUT2D eigenvalue weighted by molar-refractivity contribution is -0.136. The van der Waals surface area contributed by atoms with Gasteiger partial charge in [0.15, 0.2) is 5.78 Å². The molecule has 0 bridgehead atoms. The van der Waals surface area contributed by atoms with E-state index in [0.717, 1.165) is 36.7 Å². The fourth-order valence-corrected chi connectivity index (χ4v) is 8.47. The van der Waals surface area contributed by atoms with Crippen LogP contribution in [0.2, 0.25) is 0 Å². The zero-order valence-corrected chi connectivity index (χ0v) is 18.6. The first-order chi connectivity index (χ1) is 14.4. The van der Waals surface area contributed by atoms with Gasteiger partial charge >= 0.3 is 0 Å². The van der Waals surface area contributed by atoms with Crippen LogP contribution in [0.4, 0.5) is 0 Å². The second-order valence-corrected chi connectivity index (χ2v) is 11.3. The number of carbonyl (C=O) groups excluding carboxylic acids is 1. The van der Waals surface area contributed by atoms with E-state index in [-0.39, 0.29) is 17.4 Å².